The quantitative estimate of drug-likeness (QED) is 0.376. The molecule has 10 heteroatoms. The minimum Gasteiger partial charge on any atom is -0.374 e. The second kappa shape index (κ2) is 7.66. The fourth-order valence-corrected chi connectivity index (χ4v) is 5.48. The highest BCUT2D eigenvalue weighted by Crippen LogP contribution is 2.73. The van der Waals surface area contributed by atoms with Gasteiger partial charge in [-0.05, 0) is 12.8 Å². The van der Waals surface area contributed by atoms with E-state index in [1.165, 1.54) is 0 Å². The molecular weight excluding hydrogens is 322 g/mol. The smallest absolute Gasteiger partial charge is 0.372 e. The minimum absolute atomic E-state index is 0.0628. The number of hydrogen-bond acceptors (Lipinski definition) is 4. The van der Waals surface area contributed by atoms with Crippen molar-refractivity contribution in [3.05, 3.63) is 0 Å². The molecule has 0 aliphatic heterocycles. The zero-order valence-electron chi connectivity index (χ0n) is 12.6. The minimum atomic E-state index is -5.56. The van der Waals surface area contributed by atoms with Crippen LogP contribution in [0.5, 0.6) is 0 Å². The van der Waals surface area contributed by atoms with E-state index >= 15 is 0 Å². The lowest BCUT2D eigenvalue weighted by Crippen LogP contribution is -2.55. The van der Waals surface area contributed by atoms with E-state index in [9.17, 15) is 33.8 Å². The molecule has 0 aromatic carbocycles. The first kappa shape index (κ1) is 21.2. The number of methoxy groups -OCH3 is 1. The van der Waals surface area contributed by atoms with Crippen molar-refractivity contribution in [1.29, 1.82) is 0 Å². The van der Waals surface area contributed by atoms with Gasteiger partial charge in [-0.3, -0.25) is 9.13 Å². The van der Waals surface area contributed by atoms with Crippen LogP contribution >= 0.6 is 15.2 Å². The Morgan fingerprint density at radius 1 is 0.905 bits per heavy atom. The lowest BCUT2D eigenvalue weighted by molar-refractivity contribution is -0.117. The van der Waals surface area contributed by atoms with Crippen LogP contribution in [0.25, 0.3) is 0 Å². The summed E-state index contributed by atoms with van der Waals surface area (Å²) in [4.78, 5) is 37.7. The van der Waals surface area contributed by atoms with Gasteiger partial charge in [0, 0.05) is 7.11 Å². The molecule has 0 heterocycles. The number of unbranched alkanes of at least 4 members (excludes halogenated alkanes) is 2. The maximum absolute atomic E-state index is 11.7. The van der Waals surface area contributed by atoms with E-state index in [4.69, 9.17) is 4.74 Å². The van der Waals surface area contributed by atoms with E-state index in [0.717, 1.165) is 7.11 Å². The zero-order valence-corrected chi connectivity index (χ0v) is 14.4. The first-order chi connectivity index (χ1) is 9.43. The average Bonchev–Trinajstić information content (AvgIpc) is 2.36. The summed E-state index contributed by atoms with van der Waals surface area (Å²) in [5.41, 5.74) is -2.00. The van der Waals surface area contributed by atoms with Gasteiger partial charge < -0.3 is 29.4 Å². The SMILES string of the molecule is CCCCC(CCCC)(OC)C(O)(P(=O)(O)O)P(=O)(O)O. The molecule has 0 aromatic rings. The van der Waals surface area contributed by atoms with Gasteiger partial charge in [-0.1, -0.05) is 39.5 Å². The molecule has 0 saturated heterocycles. The van der Waals surface area contributed by atoms with Crippen LogP contribution in [0.3, 0.4) is 0 Å². The highest BCUT2D eigenvalue weighted by Gasteiger charge is 2.71. The molecule has 0 atom stereocenters. The third-order valence-corrected chi connectivity index (χ3v) is 7.69. The molecular formula is C11H26O8P2. The largest absolute Gasteiger partial charge is 0.374 e. The van der Waals surface area contributed by atoms with E-state index < -0.39 is 25.9 Å². The topological polar surface area (TPSA) is 145 Å². The fraction of sp³-hybridized carbons (Fsp3) is 1.00. The molecule has 0 rings (SSSR count). The first-order valence-electron chi connectivity index (χ1n) is 6.82. The summed E-state index contributed by atoms with van der Waals surface area (Å²) < 4.78 is 28.5. The van der Waals surface area contributed by atoms with Gasteiger partial charge in [0.05, 0.1) is 0 Å². The van der Waals surface area contributed by atoms with Crippen molar-refractivity contribution in [2.24, 2.45) is 0 Å². The van der Waals surface area contributed by atoms with Crippen LogP contribution in [0.1, 0.15) is 52.4 Å². The Morgan fingerprint density at radius 2 is 1.24 bits per heavy atom. The molecule has 0 unspecified atom stereocenters. The van der Waals surface area contributed by atoms with Crippen LogP contribution in [-0.2, 0) is 13.9 Å². The Balaban J connectivity index is 6.13. The molecule has 0 spiro atoms. The number of ether oxygens (including phenoxy) is 1. The number of hydrogen-bond donors (Lipinski definition) is 5. The fourth-order valence-electron chi connectivity index (χ4n) is 2.43. The summed E-state index contributed by atoms with van der Waals surface area (Å²) in [6, 6.07) is 0. The van der Waals surface area contributed by atoms with Crippen molar-refractivity contribution in [2.45, 2.75) is 63.1 Å². The maximum Gasteiger partial charge on any atom is 0.372 e. The summed E-state index contributed by atoms with van der Waals surface area (Å²) in [6.07, 6.45) is 1.92. The molecule has 21 heavy (non-hydrogen) atoms. The number of aliphatic hydroxyl groups is 1. The van der Waals surface area contributed by atoms with Gasteiger partial charge in [0.2, 0.25) is 0 Å². The van der Waals surface area contributed by atoms with Crippen molar-refractivity contribution in [3.8, 4) is 0 Å². The third-order valence-electron chi connectivity index (χ3n) is 3.68. The standard InChI is InChI=1S/C11H26O8P2/c1-4-6-8-10(19-3,9-7-5-2)11(12,20(13,14)15)21(16,17)18/h12H,4-9H2,1-3H3,(H2,13,14,15)(H2,16,17,18). The van der Waals surface area contributed by atoms with Crippen LogP contribution in [0.15, 0.2) is 0 Å². The van der Waals surface area contributed by atoms with Crippen molar-refractivity contribution in [1.82, 2.24) is 0 Å². The molecule has 128 valence electrons. The van der Waals surface area contributed by atoms with Crippen LogP contribution < -0.4 is 0 Å². The van der Waals surface area contributed by atoms with Crippen LogP contribution in [0, 0.1) is 0 Å². The van der Waals surface area contributed by atoms with E-state index in [0.29, 0.717) is 25.7 Å². The maximum atomic E-state index is 11.7. The summed E-state index contributed by atoms with van der Waals surface area (Å²) in [7, 11) is -10.0. The van der Waals surface area contributed by atoms with Gasteiger partial charge in [-0.2, -0.15) is 0 Å². The molecule has 0 saturated carbocycles. The molecule has 8 nitrogen and oxygen atoms in total. The summed E-state index contributed by atoms with van der Waals surface area (Å²) >= 11 is 0. The van der Waals surface area contributed by atoms with Crippen molar-refractivity contribution in [3.63, 3.8) is 0 Å². The van der Waals surface area contributed by atoms with E-state index in [1.807, 2.05) is 13.8 Å². The molecule has 0 radical (unpaired) electrons. The molecule has 0 aliphatic carbocycles. The lowest BCUT2D eigenvalue weighted by Gasteiger charge is -2.45. The van der Waals surface area contributed by atoms with Gasteiger partial charge >= 0.3 is 15.2 Å². The lowest BCUT2D eigenvalue weighted by atomic mass is 9.90. The van der Waals surface area contributed by atoms with Gasteiger partial charge in [-0.15, -0.1) is 0 Å². The Hall–Kier alpha value is 0.220. The second-order valence-corrected chi connectivity index (χ2v) is 8.95. The molecule has 0 aliphatic rings. The monoisotopic (exact) mass is 348 g/mol. The third kappa shape index (κ3) is 4.15. The Kier molecular flexibility index (Phi) is 7.74. The predicted octanol–water partition coefficient (Wildman–Crippen LogP) is 1.75. The molecule has 0 fully saturated rings. The van der Waals surface area contributed by atoms with Crippen LogP contribution in [0.2, 0.25) is 0 Å². The highest BCUT2D eigenvalue weighted by atomic mass is 31.2. The predicted molar refractivity (Wildman–Crippen MR) is 77.8 cm³/mol. The van der Waals surface area contributed by atoms with Crippen molar-refractivity contribution >= 4 is 15.2 Å². The van der Waals surface area contributed by atoms with Gasteiger partial charge in [0.1, 0.15) is 5.60 Å². The first-order valence-corrected chi connectivity index (χ1v) is 10.0. The van der Waals surface area contributed by atoms with Gasteiger partial charge in [0.25, 0.3) is 5.08 Å². The molecule has 0 aromatic heterocycles. The van der Waals surface area contributed by atoms with Crippen LogP contribution in [0.4, 0.5) is 0 Å². The zero-order chi connectivity index (χ0) is 16.9. The number of rotatable bonds is 10. The summed E-state index contributed by atoms with van der Waals surface area (Å²) in [6.45, 7) is 3.63. The van der Waals surface area contributed by atoms with Crippen molar-refractivity contribution in [2.75, 3.05) is 7.11 Å². The molecule has 0 amide bonds. The summed E-state index contributed by atoms with van der Waals surface area (Å²) in [5.74, 6) is 0. The average molecular weight is 348 g/mol. The Morgan fingerprint density at radius 3 is 1.43 bits per heavy atom. The van der Waals surface area contributed by atoms with Gasteiger partial charge in [0.15, 0.2) is 0 Å². The normalized spacial score (nSPS) is 14.5. The van der Waals surface area contributed by atoms with Crippen LogP contribution in [-0.4, -0.2) is 42.5 Å². The molecule has 5 N–H and O–H groups in total. The van der Waals surface area contributed by atoms with E-state index in [-0.39, 0.29) is 12.8 Å². The summed E-state index contributed by atoms with van der Waals surface area (Å²) in [5, 5.41) is 6.85. The van der Waals surface area contributed by atoms with E-state index in [2.05, 4.69) is 0 Å². The molecule has 0 bridgehead atoms. The van der Waals surface area contributed by atoms with E-state index in [1.54, 1.807) is 0 Å². The Bertz CT molecular complexity index is 382. The Labute approximate surface area is 124 Å². The van der Waals surface area contributed by atoms with Crippen molar-refractivity contribution < 1.29 is 38.5 Å². The van der Waals surface area contributed by atoms with Gasteiger partial charge in [-0.25, -0.2) is 0 Å². The highest BCUT2D eigenvalue weighted by molar-refractivity contribution is 7.72. The second-order valence-electron chi connectivity index (χ2n) is 5.13.